The first-order valence-corrected chi connectivity index (χ1v) is 6.38. The molecule has 84 valence electrons. The zero-order chi connectivity index (χ0) is 10.6. The van der Waals surface area contributed by atoms with E-state index < -0.39 is 0 Å². The van der Waals surface area contributed by atoms with Crippen molar-refractivity contribution in [2.24, 2.45) is 23.7 Å². The number of carbonyl (C=O) groups is 1. The molecule has 0 aromatic carbocycles. The summed E-state index contributed by atoms with van der Waals surface area (Å²) >= 11 is 0. The number of carbonyl (C=O) groups excluding carboxylic acids is 1. The van der Waals surface area contributed by atoms with Crippen molar-refractivity contribution in [1.82, 2.24) is 4.90 Å². The molecule has 2 heteroatoms. The van der Waals surface area contributed by atoms with Gasteiger partial charge in [0.15, 0.2) is 0 Å². The van der Waals surface area contributed by atoms with Crippen LogP contribution in [0.2, 0.25) is 0 Å². The van der Waals surface area contributed by atoms with E-state index in [1.807, 2.05) is 0 Å². The summed E-state index contributed by atoms with van der Waals surface area (Å²) in [6.07, 6.45) is 4.75. The minimum Gasteiger partial charge on any atom is -0.302 e. The molecule has 1 heterocycles. The molecule has 5 unspecified atom stereocenters. The van der Waals surface area contributed by atoms with Gasteiger partial charge in [-0.25, -0.2) is 0 Å². The third-order valence-corrected chi connectivity index (χ3v) is 5.00. The molecule has 0 spiro atoms. The molecule has 0 amide bonds. The first kappa shape index (κ1) is 9.83. The Morgan fingerprint density at radius 3 is 2.87 bits per heavy atom. The number of hydrogen-bond acceptors (Lipinski definition) is 2. The molecule has 3 aliphatic rings. The van der Waals surface area contributed by atoms with Gasteiger partial charge in [0.25, 0.3) is 0 Å². The summed E-state index contributed by atoms with van der Waals surface area (Å²) in [6, 6.07) is 0.781. The zero-order valence-corrected chi connectivity index (χ0v) is 9.78. The van der Waals surface area contributed by atoms with Crippen molar-refractivity contribution in [2.45, 2.75) is 38.6 Å². The van der Waals surface area contributed by atoms with Crippen LogP contribution in [-0.4, -0.2) is 30.3 Å². The molecule has 3 rings (SSSR count). The van der Waals surface area contributed by atoms with E-state index in [0.717, 1.165) is 30.8 Å². The lowest BCUT2D eigenvalue weighted by Crippen LogP contribution is -2.56. The molecule has 1 saturated heterocycles. The molecular weight excluding hydrogens is 186 g/mol. The maximum absolute atomic E-state index is 11.9. The normalized spacial score (nSPS) is 50.5. The summed E-state index contributed by atoms with van der Waals surface area (Å²) in [5, 5.41) is 0. The van der Waals surface area contributed by atoms with Crippen LogP contribution in [-0.2, 0) is 4.79 Å². The second-order valence-corrected chi connectivity index (χ2v) is 6.11. The molecule has 2 saturated carbocycles. The van der Waals surface area contributed by atoms with Crippen LogP contribution in [0.4, 0.5) is 0 Å². The minimum atomic E-state index is 0.376. The van der Waals surface area contributed by atoms with Crippen LogP contribution in [0.1, 0.15) is 32.6 Å². The average molecular weight is 207 g/mol. The van der Waals surface area contributed by atoms with Gasteiger partial charge in [-0.2, -0.15) is 0 Å². The number of rotatable bonds is 0. The lowest BCUT2D eigenvalue weighted by molar-refractivity contribution is -0.136. The highest BCUT2D eigenvalue weighted by atomic mass is 16.1. The maximum Gasteiger partial charge on any atom is 0.137 e. The molecule has 2 nitrogen and oxygen atoms in total. The number of ketones is 1. The molecule has 15 heavy (non-hydrogen) atoms. The lowest BCUT2D eigenvalue weighted by atomic mass is 9.60. The van der Waals surface area contributed by atoms with Gasteiger partial charge < -0.3 is 4.90 Å². The first-order chi connectivity index (χ1) is 7.15. The van der Waals surface area contributed by atoms with Crippen LogP contribution in [0.25, 0.3) is 0 Å². The van der Waals surface area contributed by atoms with Crippen molar-refractivity contribution < 1.29 is 4.79 Å². The predicted molar refractivity (Wildman–Crippen MR) is 59.5 cm³/mol. The van der Waals surface area contributed by atoms with Crippen LogP contribution < -0.4 is 0 Å². The number of likely N-dealkylation sites (tertiary alicyclic amines) is 1. The van der Waals surface area contributed by atoms with Crippen LogP contribution in [0.5, 0.6) is 0 Å². The fourth-order valence-electron chi connectivity index (χ4n) is 4.32. The smallest absolute Gasteiger partial charge is 0.137 e. The summed E-state index contributed by atoms with van der Waals surface area (Å²) in [5.74, 6) is 3.30. The Morgan fingerprint density at radius 2 is 2.07 bits per heavy atom. The van der Waals surface area contributed by atoms with E-state index in [0.29, 0.717) is 17.6 Å². The van der Waals surface area contributed by atoms with E-state index in [4.69, 9.17) is 0 Å². The Morgan fingerprint density at radius 1 is 1.27 bits per heavy atom. The van der Waals surface area contributed by atoms with Crippen LogP contribution in [0, 0.1) is 23.7 Å². The molecular formula is C13H21NO. The standard InChI is InChI=1S/C13H21NO/c1-8-3-9-6-13(15)10-5-11(9)12(4-8)14(2)7-10/h8-12H,3-7H2,1-2H3. The van der Waals surface area contributed by atoms with Gasteiger partial charge in [0.05, 0.1) is 0 Å². The Labute approximate surface area is 92.0 Å². The van der Waals surface area contributed by atoms with Crippen molar-refractivity contribution >= 4 is 5.78 Å². The predicted octanol–water partition coefficient (Wildman–Crippen LogP) is 1.94. The number of nitrogens with zero attached hydrogens (tertiary/aromatic N) is 1. The zero-order valence-electron chi connectivity index (χ0n) is 9.78. The van der Waals surface area contributed by atoms with Crippen molar-refractivity contribution in [3.8, 4) is 0 Å². The summed E-state index contributed by atoms with van der Waals surface area (Å²) in [6.45, 7) is 3.38. The third-order valence-electron chi connectivity index (χ3n) is 5.00. The minimum absolute atomic E-state index is 0.376. The van der Waals surface area contributed by atoms with Gasteiger partial charge in [-0.15, -0.1) is 0 Å². The van der Waals surface area contributed by atoms with Gasteiger partial charge >= 0.3 is 0 Å². The maximum atomic E-state index is 11.9. The second kappa shape index (κ2) is 3.31. The van der Waals surface area contributed by atoms with Crippen LogP contribution >= 0.6 is 0 Å². The van der Waals surface area contributed by atoms with Gasteiger partial charge in [0, 0.05) is 24.9 Å². The van der Waals surface area contributed by atoms with Crippen molar-refractivity contribution in [3.63, 3.8) is 0 Å². The van der Waals surface area contributed by atoms with Crippen molar-refractivity contribution in [2.75, 3.05) is 13.6 Å². The van der Waals surface area contributed by atoms with E-state index in [1.165, 1.54) is 19.3 Å². The highest BCUT2D eigenvalue weighted by Gasteiger charge is 2.48. The Hall–Kier alpha value is -0.370. The van der Waals surface area contributed by atoms with Gasteiger partial charge in [-0.3, -0.25) is 4.79 Å². The van der Waals surface area contributed by atoms with E-state index in [2.05, 4.69) is 18.9 Å². The average Bonchev–Trinajstić information content (AvgIpc) is 2.18. The fourth-order valence-corrected chi connectivity index (χ4v) is 4.32. The highest BCUT2D eigenvalue weighted by Crippen LogP contribution is 2.47. The molecule has 0 N–H and O–H groups in total. The van der Waals surface area contributed by atoms with E-state index >= 15 is 0 Å². The molecule has 3 fully saturated rings. The Kier molecular flexibility index (Phi) is 2.17. The molecule has 1 aliphatic heterocycles. The number of Topliss-reactive ketones (excluding diaryl/α,β-unsaturated/α-hetero) is 1. The summed E-state index contributed by atoms with van der Waals surface area (Å²) in [5.41, 5.74) is 0. The van der Waals surface area contributed by atoms with Crippen molar-refractivity contribution in [1.29, 1.82) is 0 Å². The van der Waals surface area contributed by atoms with E-state index in [-0.39, 0.29) is 0 Å². The van der Waals surface area contributed by atoms with Crippen molar-refractivity contribution in [3.05, 3.63) is 0 Å². The van der Waals surface area contributed by atoms with Gasteiger partial charge in [-0.05, 0) is 44.1 Å². The number of hydrogen-bond donors (Lipinski definition) is 0. The fraction of sp³-hybridized carbons (Fsp3) is 0.923. The monoisotopic (exact) mass is 207 g/mol. The summed E-state index contributed by atoms with van der Waals surface area (Å²) < 4.78 is 0. The Bertz CT molecular complexity index is 288. The topological polar surface area (TPSA) is 20.3 Å². The Balaban J connectivity index is 1.90. The second-order valence-electron chi connectivity index (χ2n) is 6.11. The molecule has 0 radical (unpaired) electrons. The molecule has 2 bridgehead atoms. The third kappa shape index (κ3) is 1.45. The van der Waals surface area contributed by atoms with Gasteiger partial charge in [0.2, 0.25) is 0 Å². The molecule has 0 aromatic rings. The summed E-state index contributed by atoms with van der Waals surface area (Å²) in [7, 11) is 2.22. The highest BCUT2D eigenvalue weighted by molar-refractivity contribution is 5.82. The molecule has 5 atom stereocenters. The summed E-state index contributed by atoms with van der Waals surface area (Å²) in [4.78, 5) is 14.4. The molecule has 2 aliphatic carbocycles. The SMILES string of the molecule is CC1CC2CC(=O)C3CC2C(C1)N(C)C3. The van der Waals surface area contributed by atoms with Gasteiger partial charge in [0.1, 0.15) is 5.78 Å². The quantitative estimate of drug-likeness (QED) is 0.605. The van der Waals surface area contributed by atoms with Crippen LogP contribution in [0.3, 0.4) is 0 Å². The van der Waals surface area contributed by atoms with Crippen LogP contribution in [0.15, 0.2) is 0 Å². The van der Waals surface area contributed by atoms with Gasteiger partial charge in [-0.1, -0.05) is 6.92 Å². The lowest BCUT2D eigenvalue weighted by Gasteiger charge is -2.53. The largest absolute Gasteiger partial charge is 0.302 e. The van der Waals surface area contributed by atoms with E-state index in [9.17, 15) is 4.79 Å². The first-order valence-electron chi connectivity index (χ1n) is 6.38. The number of piperidine rings is 1. The number of fused-ring (bicyclic) bond motifs is 1. The molecule has 0 aromatic heterocycles. The van der Waals surface area contributed by atoms with E-state index in [1.54, 1.807) is 0 Å².